The molecule has 0 unspecified atom stereocenters. The Morgan fingerprint density at radius 3 is 2.54 bits per heavy atom. The van der Waals surface area contributed by atoms with Crippen LogP contribution in [0, 0.1) is 10.5 Å². The zero-order chi connectivity index (χ0) is 16.9. The van der Waals surface area contributed by atoms with Gasteiger partial charge in [-0.2, -0.15) is 0 Å². The van der Waals surface area contributed by atoms with Crippen molar-refractivity contribution < 1.29 is 9.21 Å². The number of anilines is 1. The van der Waals surface area contributed by atoms with Gasteiger partial charge in [-0.3, -0.25) is 4.79 Å². The lowest BCUT2D eigenvalue weighted by Gasteiger charge is -2.04. The standard InChI is InChI=1S/C17H14IN3O2S/c1-11-2-8-14(9-3-11)19-15(22)10-24-17-21-20-16(23-17)12-4-6-13(18)7-5-12/h2-9H,10H2,1H3,(H,19,22). The molecule has 0 aliphatic carbocycles. The van der Waals surface area contributed by atoms with Crippen LogP contribution in [0.1, 0.15) is 5.56 Å². The molecule has 0 saturated carbocycles. The van der Waals surface area contributed by atoms with Crippen LogP contribution < -0.4 is 5.32 Å². The molecule has 0 saturated heterocycles. The topological polar surface area (TPSA) is 68.0 Å². The van der Waals surface area contributed by atoms with Crippen molar-refractivity contribution in [3.8, 4) is 11.5 Å². The molecule has 0 fully saturated rings. The van der Waals surface area contributed by atoms with E-state index < -0.39 is 0 Å². The summed E-state index contributed by atoms with van der Waals surface area (Å²) in [5.41, 5.74) is 2.78. The fraction of sp³-hybridized carbons (Fsp3) is 0.118. The van der Waals surface area contributed by atoms with Gasteiger partial charge in [0.15, 0.2) is 0 Å². The number of nitrogens with one attached hydrogen (secondary N) is 1. The Labute approximate surface area is 157 Å². The van der Waals surface area contributed by atoms with Crippen molar-refractivity contribution in [3.63, 3.8) is 0 Å². The highest BCUT2D eigenvalue weighted by Gasteiger charge is 2.11. The maximum Gasteiger partial charge on any atom is 0.277 e. The third-order valence-corrected chi connectivity index (χ3v) is 4.70. The van der Waals surface area contributed by atoms with Gasteiger partial charge in [-0.15, -0.1) is 10.2 Å². The molecule has 1 N–H and O–H groups in total. The van der Waals surface area contributed by atoms with E-state index in [9.17, 15) is 4.79 Å². The second-order valence-electron chi connectivity index (χ2n) is 5.08. The van der Waals surface area contributed by atoms with Gasteiger partial charge in [0.05, 0.1) is 5.75 Å². The second kappa shape index (κ2) is 7.80. The Morgan fingerprint density at radius 2 is 1.83 bits per heavy atom. The molecular weight excluding hydrogens is 437 g/mol. The van der Waals surface area contributed by atoms with E-state index in [1.54, 1.807) is 0 Å². The van der Waals surface area contributed by atoms with Gasteiger partial charge in [-0.1, -0.05) is 29.5 Å². The number of carbonyl (C=O) groups is 1. The Morgan fingerprint density at radius 1 is 1.12 bits per heavy atom. The predicted octanol–water partition coefficient (Wildman–Crippen LogP) is 4.38. The third kappa shape index (κ3) is 4.57. The van der Waals surface area contributed by atoms with Crippen LogP contribution in [-0.4, -0.2) is 21.9 Å². The molecule has 3 aromatic rings. The molecule has 1 amide bonds. The smallest absolute Gasteiger partial charge is 0.277 e. The zero-order valence-corrected chi connectivity index (χ0v) is 15.8. The minimum absolute atomic E-state index is 0.113. The number of carbonyl (C=O) groups excluding carboxylic acids is 1. The molecule has 0 bridgehead atoms. The third-order valence-electron chi connectivity index (χ3n) is 3.16. The van der Waals surface area contributed by atoms with E-state index in [-0.39, 0.29) is 11.7 Å². The van der Waals surface area contributed by atoms with Gasteiger partial charge in [0.2, 0.25) is 11.8 Å². The van der Waals surface area contributed by atoms with Gasteiger partial charge in [0.25, 0.3) is 5.22 Å². The number of thioether (sulfide) groups is 1. The van der Waals surface area contributed by atoms with Crippen molar-refractivity contribution >= 4 is 45.9 Å². The summed E-state index contributed by atoms with van der Waals surface area (Å²) < 4.78 is 6.72. The number of hydrogen-bond donors (Lipinski definition) is 1. The van der Waals surface area contributed by atoms with Crippen LogP contribution in [0.5, 0.6) is 0 Å². The van der Waals surface area contributed by atoms with Crippen molar-refractivity contribution in [2.24, 2.45) is 0 Å². The minimum atomic E-state index is -0.113. The molecule has 2 aromatic carbocycles. The van der Waals surface area contributed by atoms with E-state index >= 15 is 0 Å². The largest absolute Gasteiger partial charge is 0.411 e. The first-order valence-corrected chi connectivity index (χ1v) is 9.25. The highest BCUT2D eigenvalue weighted by Crippen LogP contribution is 2.23. The minimum Gasteiger partial charge on any atom is -0.411 e. The van der Waals surface area contributed by atoms with Gasteiger partial charge in [0, 0.05) is 14.8 Å². The number of hydrogen-bond acceptors (Lipinski definition) is 5. The summed E-state index contributed by atoms with van der Waals surface area (Å²) in [7, 11) is 0. The Balaban J connectivity index is 1.56. The van der Waals surface area contributed by atoms with Crippen molar-refractivity contribution in [2.45, 2.75) is 12.1 Å². The van der Waals surface area contributed by atoms with Crippen molar-refractivity contribution in [1.29, 1.82) is 0 Å². The summed E-state index contributed by atoms with van der Waals surface area (Å²) in [5.74, 6) is 0.549. The number of benzene rings is 2. The maximum absolute atomic E-state index is 12.0. The van der Waals surface area contributed by atoms with Gasteiger partial charge >= 0.3 is 0 Å². The van der Waals surface area contributed by atoms with Crippen molar-refractivity contribution in [2.75, 3.05) is 11.1 Å². The summed E-state index contributed by atoms with van der Waals surface area (Å²) in [6, 6.07) is 15.5. The molecule has 0 aliphatic heterocycles. The SMILES string of the molecule is Cc1ccc(NC(=O)CSc2nnc(-c3ccc(I)cc3)o2)cc1. The van der Waals surface area contributed by atoms with E-state index in [1.807, 2.05) is 55.5 Å². The second-order valence-corrected chi connectivity index (χ2v) is 7.26. The van der Waals surface area contributed by atoms with Crippen LogP contribution in [-0.2, 0) is 4.79 Å². The van der Waals surface area contributed by atoms with Gasteiger partial charge in [0.1, 0.15) is 0 Å². The Bertz CT molecular complexity index is 832. The van der Waals surface area contributed by atoms with Crippen LogP contribution in [0.4, 0.5) is 5.69 Å². The van der Waals surface area contributed by atoms with E-state index in [2.05, 4.69) is 38.1 Å². The highest BCUT2D eigenvalue weighted by molar-refractivity contribution is 14.1. The molecule has 0 atom stereocenters. The fourth-order valence-corrected chi connectivity index (χ4v) is 2.86. The molecule has 0 radical (unpaired) electrons. The number of amides is 1. The van der Waals surface area contributed by atoms with Gasteiger partial charge < -0.3 is 9.73 Å². The number of aromatic nitrogens is 2. The molecular formula is C17H14IN3O2S. The lowest BCUT2D eigenvalue weighted by molar-refractivity contribution is -0.113. The maximum atomic E-state index is 12.0. The lowest BCUT2D eigenvalue weighted by Crippen LogP contribution is -2.13. The summed E-state index contributed by atoms with van der Waals surface area (Å²) in [6.07, 6.45) is 0. The van der Waals surface area contributed by atoms with Crippen LogP contribution >= 0.6 is 34.4 Å². The average molecular weight is 451 g/mol. The van der Waals surface area contributed by atoms with Gasteiger partial charge in [-0.25, -0.2) is 0 Å². The van der Waals surface area contributed by atoms with E-state index in [1.165, 1.54) is 11.8 Å². The quantitative estimate of drug-likeness (QED) is 0.461. The Hall–Kier alpha value is -1.87. The average Bonchev–Trinajstić information content (AvgIpc) is 3.05. The van der Waals surface area contributed by atoms with E-state index in [4.69, 9.17) is 4.42 Å². The van der Waals surface area contributed by atoms with Crippen LogP contribution in [0.2, 0.25) is 0 Å². The first-order chi connectivity index (χ1) is 11.6. The molecule has 0 spiro atoms. The highest BCUT2D eigenvalue weighted by atomic mass is 127. The molecule has 3 rings (SSSR count). The van der Waals surface area contributed by atoms with E-state index in [0.717, 1.165) is 20.4 Å². The summed E-state index contributed by atoms with van der Waals surface area (Å²) in [4.78, 5) is 12.0. The molecule has 7 heteroatoms. The normalized spacial score (nSPS) is 10.6. The molecule has 1 aromatic heterocycles. The molecule has 5 nitrogen and oxygen atoms in total. The number of rotatable bonds is 5. The van der Waals surface area contributed by atoms with Crippen molar-refractivity contribution in [1.82, 2.24) is 10.2 Å². The first-order valence-electron chi connectivity index (χ1n) is 7.19. The predicted molar refractivity (Wildman–Crippen MR) is 103 cm³/mol. The van der Waals surface area contributed by atoms with Crippen LogP contribution in [0.25, 0.3) is 11.5 Å². The summed E-state index contributed by atoms with van der Waals surface area (Å²) >= 11 is 3.45. The number of nitrogens with zero attached hydrogens (tertiary/aromatic N) is 2. The Kier molecular flexibility index (Phi) is 5.52. The fourth-order valence-electron chi connectivity index (χ4n) is 1.94. The molecule has 122 valence electrons. The number of halogens is 1. The van der Waals surface area contributed by atoms with E-state index in [0.29, 0.717) is 11.1 Å². The monoisotopic (exact) mass is 451 g/mol. The number of aryl methyl sites for hydroxylation is 1. The lowest BCUT2D eigenvalue weighted by atomic mass is 10.2. The van der Waals surface area contributed by atoms with Crippen LogP contribution in [0.15, 0.2) is 58.2 Å². The molecule has 0 aliphatic rings. The van der Waals surface area contributed by atoms with Crippen LogP contribution in [0.3, 0.4) is 0 Å². The van der Waals surface area contributed by atoms with Gasteiger partial charge in [-0.05, 0) is 65.9 Å². The van der Waals surface area contributed by atoms with Crippen molar-refractivity contribution in [3.05, 3.63) is 57.7 Å². The molecule has 24 heavy (non-hydrogen) atoms. The molecule has 1 heterocycles. The first kappa shape index (κ1) is 17.0. The summed E-state index contributed by atoms with van der Waals surface area (Å²) in [6.45, 7) is 2.00. The summed E-state index contributed by atoms with van der Waals surface area (Å²) in [5, 5.41) is 11.2. The zero-order valence-electron chi connectivity index (χ0n) is 12.8.